The zero-order valence-electron chi connectivity index (χ0n) is 12.9. The van der Waals surface area contributed by atoms with Gasteiger partial charge in [-0.05, 0) is 37.5 Å². The van der Waals surface area contributed by atoms with E-state index in [1.54, 1.807) is 24.1 Å². The average molecular weight is 298 g/mol. The van der Waals surface area contributed by atoms with E-state index in [-0.39, 0.29) is 24.3 Å². The van der Waals surface area contributed by atoms with Gasteiger partial charge < -0.3 is 10.0 Å². The Morgan fingerprint density at radius 3 is 2.20 bits per heavy atom. The summed E-state index contributed by atoms with van der Waals surface area (Å²) >= 11 is 5.90. The lowest BCUT2D eigenvalue weighted by Gasteiger charge is -2.37. The summed E-state index contributed by atoms with van der Waals surface area (Å²) in [4.78, 5) is 14.4. The van der Waals surface area contributed by atoms with Crippen LogP contribution in [0.15, 0.2) is 24.3 Å². The van der Waals surface area contributed by atoms with Crippen LogP contribution >= 0.6 is 11.6 Å². The molecule has 1 aromatic rings. The summed E-state index contributed by atoms with van der Waals surface area (Å²) in [7, 11) is 1.74. The fourth-order valence-electron chi connectivity index (χ4n) is 2.10. The van der Waals surface area contributed by atoms with Gasteiger partial charge in [-0.15, -0.1) is 0 Å². The molecule has 112 valence electrons. The highest BCUT2D eigenvalue weighted by Gasteiger charge is 2.33. The van der Waals surface area contributed by atoms with E-state index in [0.29, 0.717) is 5.02 Å². The predicted molar refractivity (Wildman–Crippen MR) is 83.0 cm³/mol. The Bertz CT molecular complexity index is 454. The molecule has 3 nitrogen and oxygen atoms in total. The Morgan fingerprint density at radius 2 is 1.80 bits per heavy atom. The van der Waals surface area contributed by atoms with Crippen molar-refractivity contribution in [1.82, 2.24) is 4.90 Å². The summed E-state index contributed by atoms with van der Waals surface area (Å²) < 4.78 is 0. The highest BCUT2D eigenvalue weighted by molar-refractivity contribution is 6.30. The first kappa shape index (κ1) is 17.0. The van der Waals surface area contributed by atoms with Crippen LogP contribution in [-0.2, 0) is 4.79 Å². The predicted octanol–water partition coefficient (Wildman–Crippen LogP) is 3.31. The standard InChI is InChI=1S/C16H24ClNO2/c1-11(2)14(12-6-8-13(17)9-7-12)15(20)18(5)16(3,4)10-19/h6-9,11,14,19H,10H2,1-5H3. The van der Waals surface area contributed by atoms with Gasteiger partial charge >= 0.3 is 0 Å². The molecule has 0 aromatic heterocycles. The van der Waals surface area contributed by atoms with Gasteiger partial charge in [0.15, 0.2) is 0 Å². The van der Waals surface area contributed by atoms with Crippen molar-refractivity contribution >= 4 is 17.5 Å². The maximum atomic E-state index is 12.8. The summed E-state index contributed by atoms with van der Waals surface area (Å²) in [5.74, 6) is -0.0508. The summed E-state index contributed by atoms with van der Waals surface area (Å²) in [6, 6.07) is 7.39. The molecule has 0 spiro atoms. The number of carbonyl (C=O) groups is 1. The first-order valence-electron chi connectivity index (χ1n) is 6.84. The number of amides is 1. The Balaban J connectivity index is 3.09. The maximum absolute atomic E-state index is 12.8. The van der Waals surface area contributed by atoms with E-state index in [1.165, 1.54) is 0 Å². The molecular weight excluding hydrogens is 274 g/mol. The largest absolute Gasteiger partial charge is 0.394 e. The molecular formula is C16H24ClNO2. The van der Waals surface area contributed by atoms with Crippen LogP contribution in [0.5, 0.6) is 0 Å². The average Bonchev–Trinajstić information content (AvgIpc) is 2.39. The number of nitrogens with zero attached hydrogens (tertiary/aromatic N) is 1. The van der Waals surface area contributed by atoms with Crippen molar-refractivity contribution < 1.29 is 9.90 Å². The highest BCUT2D eigenvalue weighted by Crippen LogP contribution is 2.29. The second kappa shape index (κ2) is 6.59. The lowest BCUT2D eigenvalue weighted by Crippen LogP contribution is -2.50. The molecule has 0 aliphatic heterocycles. The van der Waals surface area contributed by atoms with Gasteiger partial charge in [0.2, 0.25) is 5.91 Å². The van der Waals surface area contributed by atoms with E-state index in [1.807, 2.05) is 39.8 Å². The first-order chi connectivity index (χ1) is 9.20. The number of hydrogen-bond acceptors (Lipinski definition) is 2. The van der Waals surface area contributed by atoms with E-state index >= 15 is 0 Å². The molecule has 1 rings (SSSR count). The van der Waals surface area contributed by atoms with E-state index in [0.717, 1.165) is 5.56 Å². The summed E-state index contributed by atoms with van der Waals surface area (Å²) in [5, 5.41) is 10.1. The number of carbonyl (C=O) groups excluding carboxylic acids is 1. The van der Waals surface area contributed by atoms with Crippen LogP contribution in [0.25, 0.3) is 0 Å². The fourth-order valence-corrected chi connectivity index (χ4v) is 2.22. The molecule has 0 bridgehead atoms. The van der Waals surface area contributed by atoms with Crippen LogP contribution < -0.4 is 0 Å². The number of hydrogen-bond donors (Lipinski definition) is 1. The van der Waals surface area contributed by atoms with Crippen LogP contribution in [-0.4, -0.2) is 35.1 Å². The molecule has 0 saturated carbocycles. The van der Waals surface area contributed by atoms with Gasteiger partial charge in [-0.25, -0.2) is 0 Å². The maximum Gasteiger partial charge on any atom is 0.230 e. The quantitative estimate of drug-likeness (QED) is 0.906. The van der Waals surface area contributed by atoms with Crippen LogP contribution in [0.1, 0.15) is 39.2 Å². The second-order valence-electron chi connectivity index (χ2n) is 6.14. The molecule has 0 aliphatic rings. The normalized spacial score (nSPS) is 13.4. The minimum Gasteiger partial charge on any atom is -0.394 e. The molecule has 0 radical (unpaired) electrons. The Labute approximate surface area is 126 Å². The molecule has 1 N–H and O–H groups in total. The topological polar surface area (TPSA) is 40.5 Å². The number of benzene rings is 1. The van der Waals surface area contributed by atoms with Crippen molar-refractivity contribution in [3.63, 3.8) is 0 Å². The van der Waals surface area contributed by atoms with Crippen molar-refractivity contribution in [2.24, 2.45) is 5.92 Å². The Kier molecular flexibility index (Phi) is 5.60. The summed E-state index contributed by atoms with van der Waals surface area (Å²) in [6.45, 7) is 7.68. The van der Waals surface area contributed by atoms with Crippen molar-refractivity contribution in [3.05, 3.63) is 34.9 Å². The smallest absolute Gasteiger partial charge is 0.230 e. The summed E-state index contributed by atoms with van der Waals surface area (Å²) in [5.41, 5.74) is 0.381. The second-order valence-corrected chi connectivity index (χ2v) is 6.58. The third-order valence-electron chi connectivity index (χ3n) is 3.79. The van der Waals surface area contributed by atoms with Crippen LogP contribution in [0.3, 0.4) is 0 Å². The highest BCUT2D eigenvalue weighted by atomic mass is 35.5. The van der Waals surface area contributed by atoms with Crippen LogP contribution in [0.4, 0.5) is 0 Å². The van der Waals surface area contributed by atoms with Crippen LogP contribution in [0.2, 0.25) is 5.02 Å². The SMILES string of the molecule is CC(C)C(C(=O)N(C)C(C)(C)CO)c1ccc(Cl)cc1. The van der Waals surface area contributed by atoms with Gasteiger partial charge in [-0.1, -0.05) is 37.6 Å². The van der Waals surface area contributed by atoms with Gasteiger partial charge in [-0.3, -0.25) is 4.79 Å². The summed E-state index contributed by atoms with van der Waals surface area (Å²) in [6.07, 6.45) is 0. The lowest BCUT2D eigenvalue weighted by atomic mass is 9.86. The Hall–Kier alpha value is -1.06. The van der Waals surface area contributed by atoms with E-state index in [2.05, 4.69) is 0 Å². The van der Waals surface area contributed by atoms with E-state index < -0.39 is 5.54 Å². The number of aliphatic hydroxyl groups excluding tert-OH is 1. The van der Waals surface area contributed by atoms with Crippen molar-refractivity contribution in [2.75, 3.05) is 13.7 Å². The molecule has 1 unspecified atom stereocenters. The zero-order chi connectivity index (χ0) is 15.5. The fraction of sp³-hybridized carbons (Fsp3) is 0.562. The molecule has 1 atom stereocenters. The molecule has 0 saturated heterocycles. The molecule has 1 amide bonds. The number of halogens is 1. The van der Waals surface area contributed by atoms with E-state index in [9.17, 15) is 9.90 Å². The third kappa shape index (κ3) is 3.74. The minimum absolute atomic E-state index is 0.0152. The monoisotopic (exact) mass is 297 g/mol. The first-order valence-corrected chi connectivity index (χ1v) is 7.22. The van der Waals surface area contributed by atoms with Crippen molar-refractivity contribution in [1.29, 1.82) is 0 Å². The van der Waals surface area contributed by atoms with E-state index in [4.69, 9.17) is 11.6 Å². The van der Waals surface area contributed by atoms with Gasteiger partial charge in [0, 0.05) is 12.1 Å². The van der Waals surface area contributed by atoms with Crippen molar-refractivity contribution in [2.45, 2.75) is 39.2 Å². The molecule has 0 heterocycles. The van der Waals surface area contributed by atoms with Gasteiger partial charge in [-0.2, -0.15) is 0 Å². The third-order valence-corrected chi connectivity index (χ3v) is 4.04. The van der Waals surface area contributed by atoms with Gasteiger partial charge in [0.05, 0.1) is 18.1 Å². The zero-order valence-corrected chi connectivity index (χ0v) is 13.6. The molecule has 1 aromatic carbocycles. The van der Waals surface area contributed by atoms with Crippen LogP contribution in [0, 0.1) is 5.92 Å². The molecule has 0 fully saturated rings. The number of rotatable bonds is 5. The minimum atomic E-state index is -0.573. The molecule has 4 heteroatoms. The molecule has 0 aliphatic carbocycles. The number of aliphatic hydroxyl groups is 1. The lowest BCUT2D eigenvalue weighted by molar-refractivity contribution is -0.138. The number of likely N-dealkylation sites (N-methyl/N-ethyl adjacent to an activating group) is 1. The van der Waals surface area contributed by atoms with Gasteiger partial charge in [0.1, 0.15) is 0 Å². The Morgan fingerprint density at radius 1 is 1.30 bits per heavy atom. The van der Waals surface area contributed by atoms with Gasteiger partial charge in [0.25, 0.3) is 0 Å². The van der Waals surface area contributed by atoms with Crippen molar-refractivity contribution in [3.8, 4) is 0 Å². The molecule has 20 heavy (non-hydrogen) atoms.